The molecule has 1 aromatic heterocycles. The van der Waals surface area contributed by atoms with E-state index in [4.69, 9.17) is 4.42 Å². The SMILES string of the molecule is CNC(C[N+](=O)[O-])NCCCc1ccc(CN(C)C)o1. The van der Waals surface area contributed by atoms with E-state index >= 15 is 0 Å². The van der Waals surface area contributed by atoms with Crippen molar-refractivity contribution in [2.45, 2.75) is 25.6 Å². The van der Waals surface area contributed by atoms with E-state index in [1.54, 1.807) is 7.05 Å². The fourth-order valence-corrected chi connectivity index (χ4v) is 1.90. The monoisotopic (exact) mass is 284 g/mol. The van der Waals surface area contributed by atoms with Gasteiger partial charge in [-0.1, -0.05) is 0 Å². The molecule has 1 aromatic rings. The quantitative estimate of drug-likeness (QED) is 0.284. The smallest absolute Gasteiger partial charge is 0.231 e. The zero-order chi connectivity index (χ0) is 15.0. The first-order valence-electron chi connectivity index (χ1n) is 6.76. The standard InChI is InChI=1S/C13H24N4O3/c1-14-13(10-17(18)19)15-8-4-5-11-6-7-12(20-11)9-16(2)3/h6-7,13-15H,4-5,8-10H2,1-3H3. The van der Waals surface area contributed by atoms with E-state index in [2.05, 4.69) is 15.5 Å². The van der Waals surface area contributed by atoms with Gasteiger partial charge in [0.1, 0.15) is 17.7 Å². The molecule has 0 bridgehead atoms. The largest absolute Gasteiger partial charge is 0.465 e. The first-order valence-corrected chi connectivity index (χ1v) is 6.76. The molecule has 20 heavy (non-hydrogen) atoms. The normalized spacial score (nSPS) is 12.8. The number of furan rings is 1. The number of rotatable bonds is 10. The van der Waals surface area contributed by atoms with Crippen molar-refractivity contribution in [1.29, 1.82) is 0 Å². The Morgan fingerprint density at radius 2 is 2.10 bits per heavy atom. The van der Waals surface area contributed by atoms with Gasteiger partial charge in [0.25, 0.3) is 0 Å². The molecule has 0 spiro atoms. The molecule has 2 N–H and O–H groups in total. The molecule has 1 unspecified atom stereocenters. The number of aryl methyl sites for hydroxylation is 1. The molecular weight excluding hydrogens is 260 g/mol. The lowest BCUT2D eigenvalue weighted by atomic mass is 10.2. The van der Waals surface area contributed by atoms with Gasteiger partial charge in [0, 0.05) is 11.3 Å². The molecule has 1 atom stereocenters. The number of nitro groups is 1. The number of nitrogens with zero attached hydrogens (tertiary/aromatic N) is 2. The van der Waals surface area contributed by atoms with Crippen molar-refractivity contribution in [2.75, 3.05) is 34.2 Å². The molecule has 0 radical (unpaired) electrons. The minimum atomic E-state index is -0.325. The van der Waals surface area contributed by atoms with E-state index in [9.17, 15) is 10.1 Å². The van der Waals surface area contributed by atoms with Gasteiger partial charge in [-0.2, -0.15) is 0 Å². The Morgan fingerprint density at radius 1 is 1.40 bits per heavy atom. The summed E-state index contributed by atoms with van der Waals surface area (Å²) in [6.45, 7) is 1.39. The van der Waals surface area contributed by atoms with E-state index in [-0.39, 0.29) is 17.6 Å². The van der Waals surface area contributed by atoms with Crippen molar-refractivity contribution < 1.29 is 9.34 Å². The molecule has 7 nitrogen and oxygen atoms in total. The second kappa shape index (κ2) is 8.68. The lowest BCUT2D eigenvalue weighted by Crippen LogP contribution is -2.45. The molecular formula is C13H24N4O3. The zero-order valence-corrected chi connectivity index (χ0v) is 12.4. The van der Waals surface area contributed by atoms with Gasteiger partial charge in [-0.25, -0.2) is 0 Å². The summed E-state index contributed by atoms with van der Waals surface area (Å²) in [6.07, 6.45) is 1.42. The van der Waals surface area contributed by atoms with E-state index in [0.717, 1.165) is 30.9 Å². The summed E-state index contributed by atoms with van der Waals surface area (Å²) in [5.74, 6) is 1.92. The molecule has 114 valence electrons. The lowest BCUT2D eigenvalue weighted by molar-refractivity contribution is -0.484. The summed E-state index contributed by atoms with van der Waals surface area (Å²) < 4.78 is 5.70. The predicted molar refractivity (Wildman–Crippen MR) is 77.1 cm³/mol. The molecule has 0 aromatic carbocycles. The third-order valence-electron chi connectivity index (χ3n) is 2.86. The van der Waals surface area contributed by atoms with Crippen LogP contribution in [0.1, 0.15) is 17.9 Å². The fourth-order valence-electron chi connectivity index (χ4n) is 1.90. The van der Waals surface area contributed by atoms with E-state index in [1.807, 2.05) is 26.2 Å². The van der Waals surface area contributed by atoms with Crippen molar-refractivity contribution in [3.8, 4) is 0 Å². The van der Waals surface area contributed by atoms with Crippen LogP contribution in [0.15, 0.2) is 16.5 Å². The van der Waals surface area contributed by atoms with Gasteiger partial charge in [-0.3, -0.25) is 20.7 Å². The van der Waals surface area contributed by atoms with Crippen molar-refractivity contribution in [2.24, 2.45) is 0 Å². The Kier molecular flexibility index (Phi) is 7.21. The number of nitrogens with one attached hydrogen (secondary N) is 2. The van der Waals surface area contributed by atoms with Crippen LogP contribution in [-0.4, -0.2) is 50.2 Å². The molecule has 0 saturated carbocycles. The highest BCUT2D eigenvalue weighted by molar-refractivity contribution is 5.07. The molecule has 1 rings (SSSR count). The van der Waals surface area contributed by atoms with Gasteiger partial charge >= 0.3 is 0 Å². The van der Waals surface area contributed by atoms with Crippen LogP contribution in [0.5, 0.6) is 0 Å². The van der Waals surface area contributed by atoms with Gasteiger partial charge in [0.15, 0.2) is 0 Å². The van der Waals surface area contributed by atoms with E-state index in [0.29, 0.717) is 6.54 Å². The summed E-state index contributed by atoms with van der Waals surface area (Å²) in [4.78, 5) is 12.1. The van der Waals surface area contributed by atoms with Gasteiger partial charge < -0.3 is 9.32 Å². The summed E-state index contributed by atoms with van der Waals surface area (Å²) >= 11 is 0. The highest BCUT2D eigenvalue weighted by Crippen LogP contribution is 2.11. The van der Waals surface area contributed by atoms with Crippen molar-refractivity contribution in [3.63, 3.8) is 0 Å². The Labute approximate surface area is 119 Å². The summed E-state index contributed by atoms with van der Waals surface area (Å²) in [5.41, 5.74) is 0. The van der Waals surface area contributed by atoms with Crippen LogP contribution < -0.4 is 10.6 Å². The topological polar surface area (TPSA) is 83.6 Å². The third-order valence-corrected chi connectivity index (χ3v) is 2.86. The van der Waals surface area contributed by atoms with Crippen molar-refractivity contribution in [3.05, 3.63) is 33.8 Å². The molecule has 7 heteroatoms. The number of hydrogen-bond donors (Lipinski definition) is 2. The molecule has 0 aliphatic rings. The fraction of sp³-hybridized carbons (Fsp3) is 0.692. The van der Waals surface area contributed by atoms with Gasteiger partial charge in [-0.15, -0.1) is 0 Å². The molecule has 0 aliphatic carbocycles. The molecule has 1 heterocycles. The molecule has 0 fully saturated rings. The van der Waals surface area contributed by atoms with Crippen LogP contribution in [0, 0.1) is 10.1 Å². The highest BCUT2D eigenvalue weighted by Gasteiger charge is 2.11. The van der Waals surface area contributed by atoms with Gasteiger partial charge in [0.05, 0.1) is 6.54 Å². The average Bonchev–Trinajstić information content (AvgIpc) is 2.79. The van der Waals surface area contributed by atoms with Crippen LogP contribution in [-0.2, 0) is 13.0 Å². The van der Waals surface area contributed by atoms with Crippen LogP contribution in [0.4, 0.5) is 0 Å². The Balaban J connectivity index is 2.23. The van der Waals surface area contributed by atoms with Crippen LogP contribution in [0.25, 0.3) is 0 Å². The number of likely N-dealkylation sites (N-methyl/N-ethyl adjacent to an activating group) is 1. The maximum absolute atomic E-state index is 10.4. The van der Waals surface area contributed by atoms with Crippen molar-refractivity contribution in [1.82, 2.24) is 15.5 Å². The Hall–Kier alpha value is -1.44. The first kappa shape index (κ1) is 16.6. The molecule has 0 amide bonds. The van der Waals surface area contributed by atoms with E-state index < -0.39 is 0 Å². The molecule has 0 saturated heterocycles. The molecule has 0 aliphatic heterocycles. The Morgan fingerprint density at radius 3 is 2.70 bits per heavy atom. The zero-order valence-electron chi connectivity index (χ0n) is 12.4. The first-order chi connectivity index (χ1) is 9.51. The van der Waals surface area contributed by atoms with Crippen LogP contribution >= 0.6 is 0 Å². The van der Waals surface area contributed by atoms with Crippen LogP contribution in [0.2, 0.25) is 0 Å². The van der Waals surface area contributed by atoms with Gasteiger partial charge in [-0.05, 0) is 46.2 Å². The minimum absolute atomic E-state index is 0.121. The van der Waals surface area contributed by atoms with E-state index in [1.165, 1.54) is 0 Å². The summed E-state index contributed by atoms with van der Waals surface area (Å²) in [5, 5.41) is 16.4. The maximum Gasteiger partial charge on any atom is 0.231 e. The minimum Gasteiger partial charge on any atom is -0.465 e. The lowest BCUT2D eigenvalue weighted by Gasteiger charge is -2.13. The van der Waals surface area contributed by atoms with Gasteiger partial charge in [0.2, 0.25) is 6.54 Å². The summed E-state index contributed by atoms with van der Waals surface area (Å²) in [6, 6.07) is 3.98. The third kappa shape index (κ3) is 6.65. The predicted octanol–water partition coefficient (Wildman–Crippen LogP) is 0.686. The summed E-state index contributed by atoms with van der Waals surface area (Å²) in [7, 11) is 5.71. The average molecular weight is 284 g/mol. The van der Waals surface area contributed by atoms with Crippen LogP contribution in [0.3, 0.4) is 0 Å². The Bertz CT molecular complexity index is 406. The maximum atomic E-state index is 10.4. The number of hydrogen-bond acceptors (Lipinski definition) is 6. The van der Waals surface area contributed by atoms with Crippen molar-refractivity contribution >= 4 is 0 Å². The highest BCUT2D eigenvalue weighted by atomic mass is 16.6. The second-order valence-electron chi connectivity index (χ2n) is 5.02. The second-order valence-corrected chi connectivity index (χ2v) is 5.02.